The molecule has 2 N–H and O–H groups in total. The number of oxazole rings is 1. The van der Waals surface area contributed by atoms with E-state index in [0.29, 0.717) is 12.4 Å². The largest absolute Gasteiger partial charge is 0.443 e. The molecule has 0 unspecified atom stereocenters. The van der Waals surface area contributed by atoms with Crippen molar-refractivity contribution in [3.8, 4) is 10.8 Å². The monoisotopic (exact) mass is 354 g/mol. The molecule has 1 aromatic carbocycles. The zero-order valence-corrected chi connectivity index (χ0v) is 15.1. The SMILES string of the molecule is CCNC(=NCc1coc(-c2cccs2)n1)NCCc1ccccc1. The Hall–Kier alpha value is -2.60. The summed E-state index contributed by atoms with van der Waals surface area (Å²) in [6.45, 7) is 4.18. The number of nitrogens with zero attached hydrogens (tertiary/aromatic N) is 2. The van der Waals surface area contributed by atoms with Crippen molar-refractivity contribution in [3.63, 3.8) is 0 Å². The minimum atomic E-state index is 0.482. The molecule has 0 aliphatic rings. The molecule has 2 aromatic heterocycles. The molecule has 0 aliphatic heterocycles. The summed E-state index contributed by atoms with van der Waals surface area (Å²) in [4.78, 5) is 10.1. The van der Waals surface area contributed by atoms with Gasteiger partial charge in [0.25, 0.3) is 0 Å². The molecule has 3 aromatic rings. The molecule has 6 heteroatoms. The fourth-order valence-corrected chi connectivity index (χ4v) is 3.02. The van der Waals surface area contributed by atoms with Gasteiger partial charge >= 0.3 is 0 Å². The predicted octanol–water partition coefficient (Wildman–Crippen LogP) is 3.70. The summed E-state index contributed by atoms with van der Waals surface area (Å²) in [5, 5.41) is 8.62. The van der Waals surface area contributed by atoms with E-state index in [1.54, 1.807) is 17.6 Å². The first-order valence-corrected chi connectivity index (χ1v) is 9.27. The average Bonchev–Trinajstić information content (AvgIpc) is 3.32. The van der Waals surface area contributed by atoms with Crippen molar-refractivity contribution in [3.05, 3.63) is 65.4 Å². The van der Waals surface area contributed by atoms with Crippen LogP contribution in [0.2, 0.25) is 0 Å². The molecular weight excluding hydrogens is 332 g/mol. The van der Waals surface area contributed by atoms with Gasteiger partial charge in [-0.2, -0.15) is 0 Å². The number of guanidine groups is 1. The number of hydrogen-bond acceptors (Lipinski definition) is 4. The molecule has 0 saturated heterocycles. The predicted molar refractivity (Wildman–Crippen MR) is 103 cm³/mol. The zero-order valence-electron chi connectivity index (χ0n) is 14.2. The average molecular weight is 354 g/mol. The molecular formula is C19H22N4OS. The Morgan fingerprint density at radius 3 is 2.80 bits per heavy atom. The number of rotatable bonds is 7. The van der Waals surface area contributed by atoms with Crippen LogP contribution in [0.15, 0.2) is 63.5 Å². The van der Waals surface area contributed by atoms with E-state index in [9.17, 15) is 0 Å². The third-order valence-electron chi connectivity index (χ3n) is 3.58. The van der Waals surface area contributed by atoms with Crippen molar-refractivity contribution in [2.24, 2.45) is 4.99 Å². The van der Waals surface area contributed by atoms with E-state index in [0.717, 1.165) is 36.0 Å². The van der Waals surface area contributed by atoms with Crippen molar-refractivity contribution < 1.29 is 4.42 Å². The summed E-state index contributed by atoms with van der Waals surface area (Å²) in [5.41, 5.74) is 2.13. The molecule has 0 aliphatic carbocycles. The number of aliphatic imine (C=N–C) groups is 1. The smallest absolute Gasteiger partial charge is 0.236 e. The summed E-state index contributed by atoms with van der Waals surface area (Å²) in [7, 11) is 0. The summed E-state index contributed by atoms with van der Waals surface area (Å²) >= 11 is 1.61. The van der Waals surface area contributed by atoms with Crippen LogP contribution in [0.4, 0.5) is 0 Å². The Labute approximate surface area is 151 Å². The first kappa shape index (κ1) is 17.2. The molecule has 3 rings (SSSR count). The Morgan fingerprint density at radius 1 is 1.16 bits per heavy atom. The maximum atomic E-state index is 5.53. The van der Waals surface area contributed by atoms with Gasteiger partial charge in [0, 0.05) is 13.1 Å². The van der Waals surface area contributed by atoms with Crippen LogP contribution >= 0.6 is 11.3 Å². The van der Waals surface area contributed by atoms with Gasteiger partial charge in [-0.15, -0.1) is 11.3 Å². The molecule has 0 spiro atoms. The maximum Gasteiger partial charge on any atom is 0.236 e. The van der Waals surface area contributed by atoms with E-state index < -0.39 is 0 Å². The van der Waals surface area contributed by atoms with Crippen molar-refractivity contribution >= 4 is 17.3 Å². The molecule has 2 heterocycles. The van der Waals surface area contributed by atoms with Crippen LogP contribution in [0.5, 0.6) is 0 Å². The molecule has 0 saturated carbocycles. The topological polar surface area (TPSA) is 62.5 Å². The van der Waals surface area contributed by atoms with E-state index in [1.807, 2.05) is 23.6 Å². The molecule has 0 atom stereocenters. The summed E-state index contributed by atoms with van der Waals surface area (Å²) in [6.07, 6.45) is 2.63. The van der Waals surface area contributed by atoms with Gasteiger partial charge in [0.2, 0.25) is 5.89 Å². The Morgan fingerprint density at radius 2 is 2.04 bits per heavy atom. The van der Waals surface area contributed by atoms with E-state index in [-0.39, 0.29) is 0 Å². The minimum Gasteiger partial charge on any atom is -0.443 e. The van der Waals surface area contributed by atoms with Gasteiger partial charge in [0.1, 0.15) is 12.0 Å². The van der Waals surface area contributed by atoms with Crippen LogP contribution < -0.4 is 10.6 Å². The van der Waals surface area contributed by atoms with Crippen LogP contribution in [0, 0.1) is 0 Å². The summed E-state index contributed by atoms with van der Waals surface area (Å²) in [6, 6.07) is 14.4. The van der Waals surface area contributed by atoms with E-state index in [1.165, 1.54) is 5.56 Å². The first-order valence-electron chi connectivity index (χ1n) is 8.39. The van der Waals surface area contributed by atoms with Gasteiger partial charge in [-0.1, -0.05) is 36.4 Å². The molecule has 25 heavy (non-hydrogen) atoms. The first-order chi connectivity index (χ1) is 12.3. The number of hydrogen-bond donors (Lipinski definition) is 2. The van der Waals surface area contributed by atoms with Gasteiger partial charge in [-0.05, 0) is 30.4 Å². The molecule has 0 fully saturated rings. The van der Waals surface area contributed by atoms with Crippen LogP contribution in [-0.2, 0) is 13.0 Å². The lowest BCUT2D eigenvalue weighted by atomic mass is 10.1. The number of aromatic nitrogens is 1. The zero-order chi connectivity index (χ0) is 17.3. The molecule has 0 amide bonds. The molecule has 130 valence electrons. The minimum absolute atomic E-state index is 0.482. The molecule has 0 bridgehead atoms. The highest BCUT2D eigenvalue weighted by Crippen LogP contribution is 2.23. The number of thiophene rings is 1. The van der Waals surface area contributed by atoms with E-state index in [4.69, 9.17) is 4.42 Å². The van der Waals surface area contributed by atoms with Crippen molar-refractivity contribution in [1.29, 1.82) is 0 Å². The Bertz CT molecular complexity index is 781. The fraction of sp³-hybridized carbons (Fsp3) is 0.263. The lowest BCUT2D eigenvalue weighted by Crippen LogP contribution is -2.38. The standard InChI is InChI=1S/C19H22N4OS/c1-2-20-19(21-11-10-15-7-4-3-5-8-15)22-13-16-14-24-18(23-16)17-9-6-12-25-17/h3-9,12,14H,2,10-11,13H2,1H3,(H2,20,21,22). The van der Waals surface area contributed by atoms with Gasteiger partial charge in [-0.25, -0.2) is 9.98 Å². The van der Waals surface area contributed by atoms with Crippen LogP contribution in [0.3, 0.4) is 0 Å². The van der Waals surface area contributed by atoms with Crippen LogP contribution in [0.25, 0.3) is 10.8 Å². The Balaban J connectivity index is 1.54. The second kappa shape index (κ2) is 9.03. The normalized spacial score (nSPS) is 11.5. The molecule has 5 nitrogen and oxygen atoms in total. The fourth-order valence-electron chi connectivity index (χ4n) is 2.36. The van der Waals surface area contributed by atoms with Gasteiger partial charge in [0.15, 0.2) is 5.96 Å². The van der Waals surface area contributed by atoms with E-state index >= 15 is 0 Å². The maximum absolute atomic E-state index is 5.53. The highest BCUT2D eigenvalue weighted by molar-refractivity contribution is 7.13. The number of nitrogens with one attached hydrogen (secondary N) is 2. The van der Waals surface area contributed by atoms with Crippen LogP contribution in [0.1, 0.15) is 18.2 Å². The summed E-state index contributed by atoms with van der Waals surface area (Å²) in [5.74, 6) is 1.45. The second-order valence-electron chi connectivity index (χ2n) is 5.48. The van der Waals surface area contributed by atoms with Crippen molar-refractivity contribution in [2.75, 3.05) is 13.1 Å². The third-order valence-corrected chi connectivity index (χ3v) is 4.43. The lowest BCUT2D eigenvalue weighted by molar-refractivity contribution is 0.574. The third kappa shape index (κ3) is 5.19. The molecule has 0 radical (unpaired) electrons. The quantitative estimate of drug-likeness (QED) is 0.502. The second-order valence-corrected chi connectivity index (χ2v) is 6.43. The summed E-state index contributed by atoms with van der Waals surface area (Å²) < 4.78 is 5.53. The number of benzene rings is 1. The highest BCUT2D eigenvalue weighted by atomic mass is 32.1. The highest BCUT2D eigenvalue weighted by Gasteiger charge is 2.07. The van der Waals surface area contributed by atoms with Crippen molar-refractivity contribution in [1.82, 2.24) is 15.6 Å². The van der Waals surface area contributed by atoms with Gasteiger partial charge in [-0.3, -0.25) is 0 Å². The van der Waals surface area contributed by atoms with Gasteiger partial charge < -0.3 is 15.1 Å². The van der Waals surface area contributed by atoms with Gasteiger partial charge in [0.05, 0.1) is 11.4 Å². The lowest BCUT2D eigenvalue weighted by Gasteiger charge is -2.10. The Kier molecular flexibility index (Phi) is 6.23. The van der Waals surface area contributed by atoms with E-state index in [2.05, 4.69) is 51.8 Å². The van der Waals surface area contributed by atoms with Crippen LogP contribution in [-0.4, -0.2) is 24.0 Å². The van der Waals surface area contributed by atoms with Crippen molar-refractivity contribution in [2.45, 2.75) is 19.9 Å².